The van der Waals surface area contributed by atoms with E-state index in [1.165, 1.54) is 122 Å². The van der Waals surface area contributed by atoms with Crippen LogP contribution in [0.5, 0.6) is 0 Å². The van der Waals surface area contributed by atoms with Crippen LogP contribution >= 0.6 is 0 Å². The molecule has 0 amide bonds. The summed E-state index contributed by atoms with van der Waals surface area (Å²) < 4.78 is 0. The Balaban J connectivity index is 1.00. The van der Waals surface area contributed by atoms with Crippen LogP contribution in [0.4, 0.5) is 0 Å². The van der Waals surface area contributed by atoms with Crippen LogP contribution in [-0.4, -0.2) is 0 Å². The van der Waals surface area contributed by atoms with Crippen LogP contribution in [0.2, 0.25) is 0 Å². The lowest BCUT2D eigenvalue weighted by atomic mass is 9.81. The maximum absolute atomic E-state index is 2.43. The quantitative estimate of drug-likeness (QED) is 0.157. The Morgan fingerprint density at radius 3 is 0.953 bits per heavy atom. The summed E-state index contributed by atoms with van der Waals surface area (Å²) in [6.07, 6.45) is 0. The molecule has 0 nitrogen and oxygen atoms in total. The Kier molecular flexibility index (Phi) is 8.65. The zero-order valence-corrected chi connectivity index (χ0v) is 36.8. The molecular weight excluding hydrogens is 769 g/mol. The molecule has 0 spiro atoms. The van der Waals surface area contributed by atoms with Crippen molar-refractivity contribution in [3.8, 4) is 89.0 Å². The molecule has 0 N–H and O–H groups in total. The molecule has 0 heteroatoms. The van der Waals surface area contributed by atoms with Gasteiger partial charge in [0.1, 0.15) is 0 Å². The Hall–Kier alpha value is -7.54. The Bertz CT molecular complexity index is 3240. The van der Waals surface area contributed by atoms with E-state index in [-0.39, 0.29) is 10.8 Å². The van der Waals surface area contributed by atoms with Crippen LogP contribution in [0.15, 0.2) is 218 Å². The van der Waals surface area contributed by atoms with E-state index in [2.05, 4.69) is 246 Å². The summed E-state index contributed by atoms with van der Waals surface area (Å²) in [6.45, 7) is 9.44. The van der Waals surface area contributed by atoms with Gasteiger partial charge in [0.15, 0.2) is 0 Å². The summed E-state index contributed by atoms with van der Waals surface area (Å²) in [5.74, 6) is 0. The fraction of sp³-hybridized carbons (Fsp3) is 0.0938. The average molecular weight is 817 g/mol. The van der Waals surface area contributed by atoms with Crippen molar-refractivity contribution in [2.45, 2.75) is 38.5 Å². The normalized spacial score (nSPS) is 13.9. The minimum absolute atomic E-state index is 0.0531. The van der Waals surface area contributed by atoms with Crippen molar-refractivity contribution in [1.82, 2.24) is 0 Å². The van der Waals surface area contributed by atoms with Crippen LogP contribution in [-0.2, 0) is 10.8 Å². The van der Waals surface area contributed by atoms with Gasteiger partial charge >= 0.3 is 0 Å². The number of rotatable bonds is 6. The van der Waals surface area contributed by atoms with Gasteiger partial charge in [-0.15, -0.1) is 0 Å². The van der Waals surface area contributed by atoms with E-state index in [1.54, 1.807) is 0 Å². The summed E-state index contributed by atoms with van der Waals surface area (Å²) in [5, 5.41) is 2.48. The van der Waals surface area contributed by atoms with Crippen molar-refractivity contribution in [2.24, 2.45) is 0 Å². The zero-order chi connectivity index (χ0) is 43.2. The first-order valence-electron chi connectivity index (χ1n) is 22.7. The third-order valence-corrected chi connectivity index (χ3v) is 14.5. The van der Waals surface area contributed by atoms with E-state index in [0.29, 0.717) is 0 Å². The van der Waals surface area contributed by atoms with Crippen molar-refractivity contribution in [3.63, 3.8) is 0 Å². The van der Waals surface area contributed by atoms with E-state index in [0.717, 1.165) is 0 Å². The third kappa shape index (κ3) is 6.05. The van der Waals surface area contributed by atoms with Crippen molar-refractivity contribution >= 4 is 10.8 Å². The third-order valence-electron chi connectivity index (χ3n) is 14.5. The number of fused-ring (bicyclic) bond motifs is 7. The Morgan fingerprint density at radius 1 is 0.203 bits per heavy atom. The molecule has 2 aliphatic rings. The minimum Gasteiger partial charge on any atom is -0.0622 e. The molecule has 0 heterocycles. The maximum atomic E-state index is 2.43. The van der Waals surface area contributed by atoms with E-state index < -0.39 is 0 Å². The Morgan fingerprint density at radius 2 is 0.531 bits per heavy atom. The molecule has 0 fully saturated rings. The van der Waals surface area contributed by atoms with E-state index >= 15 is 0 Å². The molecule has 2 aliphatic carbocycles. The second-order valence-corrected chi connectivity index (χ2v) is 18.9. The lowest BCUT2D eigenvalue weighted by molar-refractivity contribution is 0.660. The molecule has 12 rings (SSSR count). The van der Waals surface area contributed by atoms with Gasteiger partial charge in [-0.25, -0.2) is 0 Å². The van der Waals surface area contributed by atoms with Gasteiger partial charge in [-0.05, 0) is 171 Å². The summed E-state index contributed by atoms with van der Waals surface area (Å²) in [5.41, 5.74) is 25.5. The molecule has 10 aromatic rings. The second-order valence-electron chi connectivity index (χ2n) is 18.9. The molecule has 64 heavy (non-hydrogen) atoms. The molecule has 0 unspecified atom stereocenters. The fourth-order valence-electron chi connectivity index (χ4n) is 11.0. The first-order valence-corrected chi connectivity index (χ1v) is 22.7. The van der Waals surface area contributed by atoms with Gasteiger partial charge in [0.2, 0.25) is 0 Å². The summed E-state index contributed by atoms with van der Waals surface area (Å²) in [7, 11) is 0. The lowest BCUT2D eigenvalue weighted by Gasteiger charge is -2.22. The largest absolute Gasteiger partial charge is 0.0622 e. The van der Waals surface area contributed by atoms with Gasteiger partial charge in [0.25, 0.3) is 0 Å². The van der Waals surface area contributed by atoms with Crippen LogP contribution in [0.3, 0.4) is 0 Å². The van der Waals surface area contributed by atoms with Gasteiger partial charge in [0, 0.05) is 10.8 Å². The first-order chi connectivity index (χ1) is 31.2. The Labute approximate surface area is 377 Å². The highest BCUT2D eigenvalue weighted by atomic mass is 14.4. The van der Waals surface area contributed by atoms with E-state index in [9.17, 15) is 0 Å². The van der Waals surface area contributed by atoms with Gasteiger partial charge in [-0.3, -0.25) is 0 Å². The highest BCUT2D eigenvalue weighted by Gasteiger charge is 2.36. The predicted octanol–water partition coefficient (Wildman–Crippen LogP) is 17.5. The molecule has 0 aromatic heterocycles. The number of hydrogen-bond acceptors (Lipinski definition) is 0. The lowest BCUT2D eigenvalue weighted by Crippen LogP contribution is -2.14. The molecule has 0 bridgehead atoms. The smallest absolute Gasteiger partial charge is 0.0159 e. The summed E-state index contributed by atoms with van der Waals surface area (Å²) in [4.78, 5) is 0. The monoisotopic (exact) mass is 816 g/mol. The molecule has 0 radical (unpaired) electrons. The molecule has 0 saturated heterocycles. The fourth-order valence-corrected chi connectivity index (χ4v) is 11.0. The van der Waals surface area contributed by atoms with Gasteiger partial charge < -0.3 is 0 Å². The van der Waals surface area contributed by atoms with Crippen molar-refractivity contribution < 1.29 is 0 Å². The van der Waals surface area contributed by atoms with Crippen molar-refractivity contribution in [3.05, 3.63) is 241 Å². The highest BCUT2D eigenvalue weighted by molar-refractivity contribution is 6.09. The topological polar surface area (TPSA) is 0 Å². The van der Waals surface area contributed by atoms with Crippen LogP contribution < -0.4 is 0 Å². The summed E-state index contributed by atoms with van der Waals surface area (Å²) >= 11 is 0. The van der Waals surface area contributed by atoms with Crippen LogP contribution in [0.25, 0.3) is 99.8 Å². The van der Waals surface area contributed by atoms with Gasteiger partial charge in [-0.2, -0.15) is 0 Å². The number of hydrogen-bond donors (Lipinski definition) is 0. The van der Waals surface area contributed by atoms with Gasteiger partial charge in [-0.1, -0.05) is 198 Å². The first kappa shape index (κ1) is 38.2. The molecule has 304 valence electrons. The SMILES string of the molecule is CC1(C)c2ccccc2-c2ccc(-c3cccc(-c4cc(-c5ccccc5)c5cc(-c6cccc(-c7ccc8c(c7)C(C)(C)c7ccccc7-8)c6)cc(-c6ccccc6)c5c4)c3)cc21. The van der Waals surface area contributed by atoms with E-state index in [4.69, 9.17) is 0 Å². The van der Waals surface area contributed by atoms with Crippen LogP contribution in [0, 0.1) is 0 Å². The van der Waals surface area contributed by atoms with E-state index in [1.807, 2.05) is 0 Å². The molecule has 10 aromatic carbocycles. The number of benzene rings is 10. The molecule has 0 atom stereocenters. The van der Waals surface area contributed by atoms with Crippen molar-refractivity contribution in [1.29, 1.82) is 0 Å². The highest BCUT2D eigenvalue weighted by Crippen LogP contribution is 2.51. The average Bonchev–Trinajstić information content (AvgIpc) is 3.72. The molecule has 0 aliphatic heterocycles. The standard InChI is InChI=1S/C64H48/c1-63(2)59-27-13-11-25-51(59)53-31-29-47(39-61(53)63)43-21-15-23-45(33-43)49-35-55(41-17-7-5-8-18-41)58-38-50(36-56(57(58)37-49)42-19-9-6-10-20-42)46-24-16-22-44(34-46)48-30-32-54-52-26-12-14-28-60(52)64(3,4)62(54)40-48/h5-40H,1-4H3. The van der Waals surface area contributed by atoms with Gasteiger partial charge in [0.05, 0.1) is 0 Å². The minimum atomic E-state index is -0.0531. The molecular formula is C64H48. The predicted molar refractivity (Wildman–Crippen MR) is 272 cm³/mol. The summed E-state index contributed by atoms with van der Waals surface area (Å²) in [6, 6.07) is 81.7. The molecule has 0 saturated carbocycles. The zero-order valence-electron chi connectivity index (χ0n) is 36.8. The van der Waals surface area contributed by atoms with Crippen molar-refractivity contribution in [2.75, 3.05) is 0 Å². The van der Waals surface area contributed by atoms with Crippen LogP contribution in [0.1, 0.15) is 49.9 Å². The second kappa shape index (κ2) is 14.5. The maximum Gasteiger partial charge on any atom is 0.0159 e.